The second-order valence-corrected chi connectivity index (χ2v) is 4.91. The summed E-state index contributed by atoms with van der Waals surface area (Å²) in [5.41, 5.74) is 7.17. The maximum atomic E-state index is 12.0. The molecule has 0 aliphatic rings. The molecule has 112 valence electrons. The number of imidazole rings is 1. The Hall–Kier alpha value is -2.37. The molecule has 0 atom stereocenters. The Labute approximate surface area is 123 Å². The average Bonchev–Trinajstić information content (AvgIpc) is 2.88. The van der Waals surface area contributed by atoms with Crippen LogP contribution in [0.1, 0.15) is 26.2 Å². The number of fused-ring (bicyclic) bond motifs is 1. The van der Waals surface area contributed by atoms with Crippen molar-refractivity contribution in [2.24, 2.45) is 5.73 Å². The Morgan fingerprint density at radius 2 is 2.10 bits per heavy atom. The second kappa shape index (κ2) is 6.88. The van der Waals surface area contributed by atoms with Crippen LogP contribution in [0.5, 0.6) is 0 Å². The molecule has 0 fully saturated rings. The van der Waals surface area contributed by atoms with E-state index in [2.05, 4.69) is 4.98 Å². The molecule has 1 heterocycles. The van der Waals surface area contributed by atoms with Gasteiger partial charge in [-0.05, 0) is 18.6 Å². The van der Waals surface area contributed by atoms with Crippen LogP contribution in [0, 0.1) is 0 Å². The number of urea groups is 1. The Bertz CT molecular complexity index is 635. The normalized spacial score (nSPS) is 10.7. The summed E-state index contributed by atoms with van der Waals surface area (Å²) < 4.78 is 1.92. The van der Waals surface area contributed by atoms with Crippen LogP contribution in [0.3, 0.4) is 0 Å². The standard InChI is InChI=1S/C15H20N4O2/c1-2-3-8-14(20)19(15(16)21)10-9-18-11-17-12-6-4-5-7-13(12)18/h4-7,11H,2-3,8-10H2,1H3,(H2,16,21). The number of carbonyl (C=O) groups excluding carboxylic acids is 2. The van der Waals surface area contributed by atoms with E-state index in [1.807, 2.05) is 35.8 Å². The summed E-state index contributed by atoms with van der Waals surface area (Å²) >= 11 is 0. The van der Waals surface area contributed by atoms with Crippen molar-refractivity contribution in [3.8, 4) is 0 Å². The van der Waals surface area contributed by atoms with Gasteiger partial charge in [-0.2, -0.15) is 0 Å². The van der Waals surface area contributed by atoms with Gasteiger partial charge in [0.2, 0.25) is 5.91 Å². The quantitative estimate of drug-likeness (QED) is 0.884. The zero-order chi connectivity index (χ0) is 15.2. The minimum Gasteiger partial charge on any atom is -0.351 e. The number of hydrogen-bond acceptors (Lipinski definition) is 3. The van der Waals surface area contributed by atoms with Crippen molar-refractivity contribution in [3.63, 3.8) is 0 Å². The third-order valence-electron chi connectivity index (χ3n) is 3.40. The number of imide groups is 1. The molecule has 1 aromatic carbocycles. The van der Waals surface area contributed by atoms with Gasteiger partial charge >= 0.3 is 6.03 Å². The first-order valence-corrected chi connectivity index (χ1v) is 7.13. The van der Waals surface area contributed by atoms with Gasteiger partial charge in [-0.15, -0.1) is 0 Å². The van der Waals surface area contributed by atoms with E-state index in [0.29, 0.717) is 13.0 Å². The van der Waals surface area contributed by atoms with E-state index in [9.17, 15) is 9.59 Å². The minimum atomic E-state index is -0.694. The maximum Gasteiger partial charge on any atom is 0.321 e. The highest BCUT2D eigenvalue weighted by Gasteiger charge is 2.18. The van der Waals surface area contributed by atoms with Crippen LogP contribution in [0.2, 0.25) is 0 Å². The van der Waals surface area contributed by atoms with Crippen molar-refractivity contribution >= 4 is 23.0 Å². The van der Waals surface area contributed by atoms with Gasteiger partial charge in [0.15, 0.2) is 0 Å². The number of nitrogens with two attached hydrogens (primary N) is 1. The molecule has 1 aromatic heterocycles. The molecule has 3 amide bonds. The van der Waals surface area contributed by atoms with Gasteiger partial charge in [0, 0.05) is 19.5 Å². The number of para-hydroxylation sites is 2. The van der Waals surface area contributed by atoms with Crippen molar-refractivity contribution in [1.82, 2.24) is 14.5 Å². The largest absolute Gasteiger partial charge is 0.351 e. The Balaban J connectivity index is 2.05. The lowest BCUT2D eigenvalue weighted by Crippen LogP contribution is -2.42. The first-order valence-electron chi connectivity index (χ1n) is 7.13. The van der Waals surface area contributed by atoms with Gasteiger partial charge in [0.05, 0.1) is 17.4 Å². The predicted octanol–water partition coefficient (Wildman–Crippen LogP) is 2.13. The lowest BCUT2D eigenvalue weighted by molar-refractivity contribution is -0.128. The first kappa shape index (κ1) is 15.0. The number of hydrogen-bond donors (Lipinski definition) is 1. The average molecular weight is 288 g/mol. The molecule has 6 heteroatoms. The molecule has 0 radical (unpaired) electrons. The third kappa shape index (κ3) is 3.59. The van der Waals surface area contributed by atoms with Gasteiger partial charge in [0.25, 0.3) is 0 Å². The molecule has 0 bridgehead atoms. The fraction of sp³-hybridized carbons (Fsp3) is 0.400. The molecule has 0 saturated carbocycles. The van der Waals surface area contributed by atoms with E-state index in [1.165, 1.54) is 0 Å². The molecular weight excluding hydrogens is 268 g/mol. The van der Waals surface area contributed by atoms with Crippen LogP contribution in [0.4, 0.5) is 4.79 Å². The summed E-state index contributed by atoms with van der Waals surface area (Å²) in [4.78, 5) is 28.8. The lowest BCUT2D eigenvalue weighted by Gasteiger charge is -2.18. The van der Waals surface area contributed by atoms with E-state index in [4.69, 9.17) is 5.73 Å². The van der Waals surface area contributed by atoms with Crippen molar-refractivity contribution in [2.75, 3.05) is 6.54 Å². The van der Waals surface area contributed by atoms with Crippen LogP contribution in [-0.2, 0) is 11.3 Å². The van der Waals surface area contributed by atoms with E-state index in [1.54, 1.807) is 6.33 Å². The number of nitrogens with zero attached hydrogens (tertiary/aromatic N) is 3. The Morgan fingerprint density at radius 1 is 1.33 bits per heavy atom. The molecule has 2 N–H and O–H groups in total. The summed E-state index contributed by atoms with van der Waals surface area (Å²) in [6.45, 7) is 2.75. The highest BCUT2D eigenvalue weighted by molar-refractivity contribution is 5.93. The topological polar surface area (TPSA) is 81.2 Å². The smallest absolute Gasteiger partial charge is 0.321 e. The summed E-state index contributed by atoms with van der Waals surface area (Å²) in [6.07, 6.45) is 3.73. The molecule has 2 aromatic rings. The number of primary amides is 1. The predicted molar refractivity (Wildman–Crippen MR) is 80.6 cm³/mol. The summed E-state index contributed by atoms with van der Waals surface area (Å²) in [5.74, 6) is -0.214. The molecule has 0 aliphatic heterocycles. The van der Waals surface area contributed by atoms with Crippen LogP contribution in [0.25, 0.3) is 11.0 Å². The Kier molecular flexibility index (Phi) is 4.92. The molecule has 0 aliphatic carbocycles. The highest BCUT2D eigenvalue weighted by Crippen LogP contribution is 2.12. The summed E-state index contributed by atoms with van der Waals surface area (Å²) in [7, 11) is 0. The van der Waals surface area contributed by atoms with Gasteiger partial charge in [-0.3, -0.25) is 9.69 Å². The summed E-state index contributed by atoms with van der Waals surface area (Å²) in [6, 6.07) is 7.03. The first-order chi connectivity index (χ1) is 10.1. The van der Waals surface area contributed by atoms with E-state index < -0.39 is 6.03 Å². The summed E-state index contributed by atoms with van der Waals surface area (Å²) in [5, 5.41) is 0. The third-order valence-corrected chi connectivity index (χ3v) is 3.40. The minimum absolute atomic E-state index is 0.214. The van der Waals surface area contributed by atoms with Gasteiger partial charge < -0.3 is 10.3 Å². The van der Waals surface area contributed by atoms with Crippen LogP contribution in [-0.4, -0.2) is 32.9 Å². The van der Waals surface area contributed by atoms with Gasteiger partial charge in [-0.1, -0.05) is 25.5 Å². The zero-order valence-corrected chi connectivity index (χ0v) is 12.2. The second-order valence-electron chi connectivity index (χ2n) is 4.91. The number of aromatic nitrogens is 2. The SMILES string of the molecule is CCCCC(=O)N(CCn1cnc2ccccc21)C(N)=O. The van der Waals surface area contributed by atoms with Crippen molar-refractivity contribution in [3.05, 3.63) is 30.6 Å². The van der Waals surface area contributed by atoms with Gasteiger partial charge in [0.1, 0.15) is 0 Å². The lowest BCUT2D eigenvalue weighted by atomic mass is 10.2. The number of amides is 3. The van der Waals surface area contributed by atoms with Crippen molar-refractivity contribution < 1.29 is 9.59 Å². The van der Waals surface area contributed by atoms with Gasteiger partial charge in [-0.25, -0.2) is 9.78 Å². The van der Waals surface area contributed by atoms with Crippen LogP contribution < -0.4 is 5.73 Å². The molecule has 2 rings (SSSR count). The fourth-order valence-electron chi connectivity index (χ4n) is 2.22. The molecular formula is C15H20N4O2. The van der Waals surface area contributed by atoms with Crippen LogP contribution in [0.15, 0.2) is 30.6 Å². The van der Waals surface area contributed by atoms with E-state index in [-0.39, 0.29) is 12.5 Å². The van der Waals surface area contributed by atoms with Crippen molar-refractivity contribution in [1.29, 1.82) is 0 Å². The van der Waals surface area contributed by atoms with E-state index >= 15 is 0 Å². The molecule has 6 nitrogen and oxygen atoms in total. The number of rotatable bonds is 6. The monoisotopic (exact) mass is 288 g/mol. The zero-order valence-electron chi connectivity index (χ0n) is 12.2. The highest BCUT2D eigenvalue weighted by atomic mass is 16.2. The van der Waals surface area contributed by atoms with E-state index in [0.717, 1.165) is 28.8 Å². The van der Waals surface area contributed by atoms with Crippen LogP contribution >= 0.6 is 0 Å². The van der Waals surface area contributed by atoms with Crippen molar-refractivity contribution in [2.45, 2.75) is 32.7 Å². The molecule has 0 spiro atoms. The Morgan fingerprint density at radius 3 is 2.81 bits per heavy atom. The number of unbranched alkanes of at least 4 members (excludes halogenated alkanes) is 1. The number of benzene rings is 1. The maximum absolute atomic E-state index is 12.0. The molecule has 0 unspecified atom stereocenters. The fourth-order valence-corrected chi connectivity index (χ4v) is 2.22. The molecule has 0 saturated heterocycles. The number of carbonyl (C=O) groups is 2. The molecule has 21 heavy (non-hydrogen) atoms.